The van der Waals surface area contributed by atoms with Gasteiger partial charge in [-0.3, -0.25) is 0 Å². The van der Waals surface area contributed by atoms with Crippen LogP contribution in [-0.4, -0.2) is 24.3 Å². The van der Waals surface area contributed by atoms with Crippen molar-refractivity contribution in [2.45, 2.75) is 13.3 Å². The van der Waals surface area contributed by atoms with Gasteiger partial charge in [-0.2, -0.15) is 0 Å². The van der Waals surface area contributed by atoms with Crippen LogP contribution in [-0.2, 0) is 9.53 Å². The van der Waals surface area contributed by atoms with E-state index in [-0.39, 0.29) is 12.4 Å². The number of carbonyl (C=O) groups is 1. The van der Waals surface area contributed by atoms with Crippen LogP contribution in [0, 0.1) is 6.92 Å². The van der Waals surface area contributed by atoms with E-state index in [9.17, 15) is 9.90 Å². The van der Waals surface area contributed by atoms with Crippen LogP contribution in [0.2, 0.25) is 0 Å². The summed E-state index contributed by atoms with van der Waals surface area (Å²) in [4.78, 5) is 10.7. The molecule has 0 aliphatic rings. The highest BCUT2D eigenvalue weighted by Gasteiger charge is 2.04. The summed E-state index contributed by atoms with van der Waals surface area (Å²) in [6.45, 7) is 5.74. The molecule has 1 aromatic rings. The third kappa shape index (κ3) is 4.18. The van der Waals surface area contributed by atoms with Crippen molar-refractivity contribution in [2.24, 2.45) is 0 Å². The van der Waals surface area contributed by atoms with E-state index in [1.807, 2.05) is 6.07 Å². The maximum atomic E-state index is 10.7. The van der Waals surface area contributed by atoms with Crippen LogP contribution in [0.4, 0.5) is 0 Å². The normalized spacial score (nSPS) is 9.71. The van der Waals surface area contributed by atoms with Gasteiger partial charge in [-0.05, 0) is 18.6 Å². The molecule has 0 unspecified atom stereocenters. The molecular formula is C13H16O4. The van der Waals surface area contributed by atoms with Gasteiger partial charge in [0, 0.05) is 12.5 Å². The maximum absolute atomic E-state index is 10.7. The molecule has 4 nitrogen and oxygen atoms in total. The predicted molar refractivity (Wildman–Crippen MR) is 64.1 cm³/mol. The van der Waals surface area contributed by atoms with Crippen molar-refractivity contribution >= 4 is 5.97 Å². The Bertz CT molecular complexity index is 398. The van der Waals surface area contributed by atoms with Gasteiger partial charge in [-0.15, -0.1) is 0 Å². The van der Waals surface area contributed by atoms with Crippen LogP contribution in [0.15, 0.2) is 30.9 Å². The Morgan fingerprint density at radius 3 is 2.94 bits per heavy atom. The Labute approximate surface area is 100 Å². The molecule has 0 radical (unpaired) electrons. The zero-order chi connectivity index (χ0) is 12.7. The molecule has 0 atom stereocenters. The largest absolute Gasteiger partial charge is 0.504 e. The molecule has 1 aromatic carbocycles. The Morgan fingerprint density at radius 1 is 1.47 bits per heavy atom. The summed E-state index contributed by atoms with van der Waals surface area (Å²) < 4.78 is 10.1. The smallest absolute Gasteiger partial charge is 0.330 e. The molecule has 0 saturated carbocycles. The van der Waals surface area contributed by atoms with E-state index < -0.39 is 5.97 Å². The average Bonchev–Trinajstić information content (AvgIpc) is 2.33. The van der Waals surface area contributed by atoms with Gasteiger partial charge in [0.25, 0.3) is 0 Å². The lowest BCUT2D eigenvalue weighted by atomic mass is 10.2. The van der Waals surface area contributed by atoms with Gasteiger partial charge in [-0.1, -0.05) is 18.7 Å². The van der Waals surface area contributed by atoms with E-state index in [0.29, 0.717) is 18.8 Å². The van der Waals surface area contributed by atoms with Crippen LogP contribution in [0.1, 0.15) is 12.0 Å². The van der Waals surface area contributed by atoms with Crippen molar-refractivity contribution in [1.82, 2.24) is 0 Å². The first-order chi connectivity index (χ1) is 8.15. The highest BCUT2D eigenvalue weighted by atomic mass is 16.5. The molecule has 92 valence electrons. The van der Waals surface area contributed by atoms with Crippen LogP contribution >= 0.6 is 0 Å². The van der Waals surface area contributed by atoms with Gasteiger partial charge in [0.05, 0.1) is 13.2 Å². The lowest BCUT2D eigenvalue weighted by molar-refractivity contribution is -0.137. The van der Waals surface area contributed by atoms with Gasteiger partial charge < -0.3 is 14.6 Å². The van der Waals surface area contributed by atoms with Crippen molar-refractivity contribution in [2.75, 3.05) is 13.2 Å². The molecule has 1 N–H and O–H groups in total. The first kappa shape index (κ1) is 13.1. The van der Waals surface area contributed by atoms with Crippen LogP contribution in [0.25, 0.3) is 0 Å². The molecule has 0 aliphatic heterocycles. The second kappa shape index (κ2) is 6.58. The van der Waals surface area contributed by atoms with Gasteiger partial charge in [0.15, 0.2) is 11.5 Å². The summed E-state index contributed by atoms with van der Waals surface area (Å²) in [5.41, 5.74) is 0.764. The highest BCUT2D eigenvalue weighted by Crippen LogP contribution is 2.28. The molecule has 1 rings (SSSR count). The number of aromatic hydroxyl groups is 1. The summed E-state index contributed by atoms with van der Waals surface area (Å²) in [7, 11) is 0. The number of phenols is 1. The summed E-state index contributed by atoms with van der Waals surface area (Å²) in [6, 6.07) is 5.30. The molecule has 0 fully saturated rings. The highest BCUT2D eigenvalue weighted by molar-refractivity contribution is 5.81. The molecule has 0 bridgehead atoms. The van der Waals surface area contributed by atoms with Crippen molar-refractivity contribution in [3.8, 4) is 11.5 Å². The van der Waals surface area contributed by atoms with E-state index in [1.54, 1.807) is 19.1 Å². The Balaban J connectivity index is 2.29. The number of para-hydroxylation sites is 1. The number of ether oxygens (including phenoxy) is 2. The van der Waals surface area contributed by atoms with E-state index in [1.165, 1.54) is 0 Å². The average molecular weight is 236 g/mol. The number of aryl methyl sites for hydroxylation is 1. The second-order valence-corrected chi connectivity index (χ2v) is 3.50. The van der Waals surface area contributed by atoms with E-state index in [0.717, 1.165) is 11.6 Å². The number of hydrogen-bond donors (Lipinski definition) is 1. The van der Waals surface area contributed by atoms with Crippen LogP contribution in [0.5, 0.6) is 11.5 Å². The number of benzene rings is 1. The quantitative estimate of drug-likeness (QED) is 0.467. The third-order valence-electron chi connectivity index (χ3n) is 2.16. The zero-order valence-corrected chi connectivity index (χ0v) is 9.81. The molecule has 4 heteroatoms. The van der Waals surface area contributed by atoms with Crippen LogP contribution < -0.4 is 4.74 Å². The molecule has 0 amide bonds. The monoisotopic (exact) mass is 236 g/mol. The summed E-state index contributed by atoms with van der Waals surface area (Å²) in [5, 5.41) is 9.66. The molecule has 0 saturated heterocycles. The van der Waals surface area contributed by atoms with Crippen LogP contribution in [0.3, 0.4) is 0 Å². The Morgan fingerprint density at radius 2 is 2.24 bits per heavy atom. The topological polar surface area (TPSA) is 55.8 Å². The number of phenolic OH excluding ortho intramolecular Hbond substituents is 1. The zero-order valence-electron chi connectivity index (χ0n) is 9.81. The first-order valence-corrected chi connectivity index (χ1v) is 5.35. The summed E-state index contributed by atoms with van der Waals surface area (Å²) >= 11 is 0. The molecule has 0 aromatic heterocycles. The van der Waals surface area contributed by atoms with Crippen molar-refractivity contribution < 1.29 is 19.4 Å². The third-order valence-corrected chi connectivity index (χ3v) is 2.16. The fourth-order valence-electron chi connectivity index (χ4n) is 1.22. The summed E-state index contributed by atoms with van der Waals surface area (Å²) in [5.74, 6) is 0.152. The maximum Gasteiger partial charge on any atom is 0.330 e. The number of rotatable bonds is 6. The number of hydrogen-bond acceptors (Lipinski definition) is 4. The Kier molecular flexibility index (Phi) is 5.07. The van der Waals surface area contributed by atoms with Gasteiger partial charge >= 0.3 is 5.97 Å². The lowest BCUT2D eigenvalue weighted by Crippen LogP contribution is -2.06. The molecule has 0 spiro atoms. The standard InChI is InChI=1S/C13H16O4/c1-3-12(14)17-9-5-8-16-11-7-4-6-10(2)13(11)15/h3-4,6-7,15H,1,5,8-9H2,2H3. The molecular weight excluding hydrogens is 220 g/mol. The minimum atomic E-state index is -0.441. The fraction of sp³-hybridized carbons (Fsp3) is 0.308. The molecule has 0 heterocycles. The first-order valence-electron chi connectivity index (χ1n) is 5.35. The van der Waals surface area contributed by atoms with Crippen molar-refractivity contribution in [3.05, 3.63) is 36.4 Å². The second-order valence-electron chi connectivity index (χ2n) is 3.50. The van der Waals surface area contributed by atoms with E-state index in [4.69, 9.17) is 9.47 Å². The lowest BCUT2D eigenvalue weighted by Gasteiger charge is -2.09. The minimum absolute atomic E-state index is 0.149. The van der Waals surface area contributed by atoms with Crippen molar-refractivity contribution in [1.29, 1.82) is 0 Å². The molecule has 17 heavy (non-hydrogen) atoms. The van der Waals surface area contributed by atoms with E-state index >= 15 is 0 Å². The SMILES string of the molecule is C=CC(=O)OCCCOc1cccc(C)c1O. The van der Waals surface area contributed by atoms with Crippen molar-refractivity contribution in [3.63, 3.8) is 0 Å². The Hall–Kier alpha value is -1.97. The summed E-state index contributed by atoms with van der Waals surface area (Å²) in [6.07, 6.45) is 1.68. The van der Waals surface area contributed by atoms with Gasteiger partial charge in [0.2, 0.25) is 0 Å². The van der Waals surface area contributed by atoms with Gasteiger partial charge in [-0.25, -0.2) is 4.79 Å². The van der Waals surface area contributed by atoms with E-state index in [2.05, 4.69) is 6.58 Å². The minimum Gasteiger partial charge on any atom is -0.504 e. The molecule has 0 aliphatic carbocycles. The van der Waals surface area contributed by atoms with Gasteiger partial charge in [0.1, 0.15) is 0 Å². The number of carbonyl (C=O) groups excluding carboxylic acids is 1. The fourth-order valence-corrected chi connectivity index (χ4v) is 1.22. The number of esters is 1. The predicted octanol–water partition coefficient (Wildman–Crippen LogP) is 2.20.